The van der Waals surface area contributed by atoms with Gasteiger partial charge in [-0.3, -0.25) is 4.79 Å². The number of halogens is 1. The van der Waals surface area contributed by atoms with E-state index in [1.807, 2.05) is 6.92 Å². The lowest BCUT2D eigenvalue weighted by Gasteiger charge is -2.33. The number of nitrogens with one attached hydrogen (secondary N) is 2. The van der Waals surface area contributed by atoms with E-state index < -0.39 is 5.82 Å². The molecule has 1 aromatic heterocycles. The Morgan fingerprint density at radius 3 is 2.86 bits per heavy atom. The summed E-state index contributed by atoms with van der Waals surface area (Å²) in [6, 6.07) is 1.41. The molecule has 1 amide bonds. The van der Waals surface area contributed by atoms with Crippen molar-refractivity contribution in [1.82, 2.24) is 10.3 Å². The van der Waals surface area contributed by atoms with Crippen molar-refractivity contribution in [2.45, 2.75) is 46.1 Å². The van der Waals surface area contributed by atoms with Crippen LogP contribution in [0.4, 0.5) is 10.2 Å². The van der Waals surface area contributed by atoms with E-state index >= 15 is 0 Å². The Morgan fingerprint density at radius 1 is 1.43 bits per heavy atom. The summed E-state index contributed by atoms with van der Waals surface area (Å²) in [6.45, 7) is 6.96. The molecule has 5 heteroatoms. The van der Waals surface area contributed by atoms with E-state index in [-0.39, 0.29) is 17.5 Å². The van der Waals surface area contributed by atoms with E-state index in [1.165, 1.54) is 6.07 Å². The molecule has 2 rings (SSSR count). The third-order valence-corrected chi connectivity index (χ3v) is 4.19. The minimum absolute atomic E-state index is 0.159. The van der Waals surface area contributed by atoms with Crippen LogP contribution in [0.15, 0.2) is 12.3 Å². The summed E-state index contributed by atoms with van der Waals surface area (Å²) in [5.74, 6) is 0.854. The third-order valence-electron chi connectivity index (χ3n) is 4.19. The Hall–Kier alpha value is -1.65. The molecule has 2 N–H and O–H groups in total. The third kappa shape index (κ3) is 3.93. The Morgan fingerprint density at radius 2 is 2.19 bits per heavy atom. The summed E-state index contributed by atoms with van der Waals surface area (Å²) < 4.78 is 13.4. The largest absolute Gasteiger partial charge is 0.370 e. The highest BCUT2D eigenvalue weighted by Gasteiger charge is 2.27. The normalized spacial score (nSPS) is 25.4. The van der Waals surface area contributed by atoms with Crippen LogP contribution in [-0.4, -0.2) is 23.5 Å². The summed E-state index contributed by atoms with van der Waals surface area (Å²) in [5, 5.41) is 6.05. The monoisotopic (exact) mass is 293 g/mol. The van der Waals surface area contributed by atoms with Gasteiger partial charge in [0, 0.05) is 12.6 Å². The standard InChI is InChI=1S/C16H24FN3O/c1-4-18-15-13(8-12(17)9-19-15)16(21)20-14-6-5-10(2)7-11(14)3/h8-11,14H,4-7H2,1-3H3,(H,18,19)(H,20,21). The number of anilines is 1. The van der Waals surface area contributed by atoms with Crippen LogP contribution in [0.25, 0.3) is 0 Å². The molecule has 1 aliphatic rings. The van der Waals surface area contributed by atoms with Crippen LogP contribution < -0.4 is 10.6 Å². The predicted octanol–water partition coefficient (Wildman–Crippen LogP) is 3.21. The van der Waals surface area contributed by atoms with Crippen LogP contribution in [0, 0.1) is 17.7 Å². The number of nitrogens with zero attached hydrogens (tertiary/aromatic N) is 1. The van der Waals surface area contributed by atoms with Crippen molar-refractivity contribution in [3.8, 4) is 0 Å². The first-order valence-corrected chi connectivity index (χ1v) is 7.71. The van der Waals surface area contributed by atoms with Crippen LogP contribution in [-0.2, 0) is 0 Å². The minimum Gasteiger partial charge on any atom is -0.370 e. The quantitative estimate of drug-likeness (QED) is 0.896. The number of pyridine rings is 1. The van der Waals surface area contributed by atoms with Crippen molar-refractivity contribution in [2.75, 3.05) is 11.9 Å². The molecule has 0 bridgehead atoms. The summed E-state index contributed by atoms with van der Waals surface area (Å²) in [7, 11) is 0. The first kappa shape index (κ1) is 15.7. The van der Waals surface area contributed by atoms with Gasteiger partial charge in [0.15, 0.2) is 0 Å². The molecule has 0 saturated heterocycles. The Labute approximate surface area is 125 Å². The van der Waals surface area contributed by atoms with Gasteiger partial charge in [0.2, 0.25) is 0 Å². The highest BCUT2D eigenvalue weighted by atomic mass is 19.1. The zero-order valence-corrected chi connectivity index (χ0v) is 12.9. The molecule has 0 aromatic carbocycles. The van der Waals surface area contributed by atoms with Gasteiger partial charge in [-0.2, -0.15) is 0 Å². The van der Waals surface area contributed by atoms with Gasteiger partial charge < -0.3 is 10.6 Å². The second kappa shape index (κ2) is 6.87. The molecule has 4 nitrogen and oxygen atoms in total. The SMILES string of the molecule is CCNc1ncc(F)cc1C(=O)NC1CCC(C)CC1C. The van der Waals surface area contributed by atoms with E-state index in [0.717, 1.165) is 25.5 Å². The topological polar surface area (TPSA) is 54.0 Å². The average molecular weight is 293 g/mol. The minimum atomic E-state index is -0.493. The van der Waals surface area contributed by atoms with Crippen LogP contribution in [0.2, 0.25) is 0 Å². The highest BCUT2D eigenvalue weighted by molar-refractivity contribution is 5.98. The summed E-state index contributed by atoms with van der Waals surface area (Å²) >= 11 is 0. The van der Waals surface area contributed by atoms with Crippen LogP contribution in [0.3, 0.4) is 0 Å². The van der Waals surface area contributed by atoms with Crippen molar-refractivity contribution in [3.05, 3.63) is 23.6 Å². The lowest BCUT2D eigenvalue weighted by Crippen LogP contribution is -2.42. The smallest absolute Gasteiger partial charge is 0.255 e. The molecule has 1 fully saturated rings. The fourth-order valence-electron chi connectivity index (χ4n) is 3.05. The van der Waals surface area contributed by atoms with Gasteiger partial charge in [-0.15, -0.1) is 0 Å². The second-order valence-corrected chi connectivity index (χ2v) is 6.06. The molecule has 116 valence electrons. The zero-order chi connectivity index (χ0) is 15.4. The first-order chi connectivity index (χ1) is 10.0. The molecule has 1 aromatic rings. The molecule has 3 unspecified atom stereocenters. The lowest BCUT2D eigenvalue weighted by atomic mass is 9.80. The van der Waals surface area contributed by atoms with Gasteiger partial charge in [0.05, 0.1) is 11.8 Å². The Kier molecular flexibility index (Phi) is 5.15. The van der Waals surface area contributed by atoms with Gasteiger partial charge in [-0.05, 0) is 44.1 Å². The van der Waals surface area contributed by atoms with Crippen molar-refractivity contribution < 1.29 is 9.18 Å². The van der Waals surface area contributed by atoms with Gasteiger partial charge in [-0.1, -0.05) is 13.8 Å². The molecular weight excluding hydrogens is 269 g/mol. The van der Waals surface area contributed by atoms with Crippen molar-refractivity contribution in [2.24, 2.45) is 11.8 Å². The fraction of sp³-hybridized carbons (Fsp3) is 0.625. The van der Waals surface area contributed by atoms with E-state index in [4.69, 9.17) is 0 Å². The molecule has 0 radical (unpaired) electrons. The highest BCUT2D eigenvalue weighted by Crippen LogP contribution is 2.29. The maximum Gasteiger partial charge on any atom is 0.255 e. The Bertz CT molecular complexity index is 506. The predicted molar refractivity (Wildman–Crippen MR) is 81.8 cm³/mol. The number of hydrogen-bond acceptors (Lipinski definition) is 3. The first-order valence-electron chi connectivity index (χ1n) is 7.71. The van der Waals surface area contributed by atoms with Gasteiger partial charge >= 0.3 is 0 Å². The van der Waals surface area contributed by atoms with E-state index in [0.29, 0.717) is 24.2 Å². The molecule has 3 atom stereocenters. The van der Waals surface area contributed by atoms with Gasteiger partial charge in [0.1, 0.15) is 11.6 Å². The zero-order valence-electron chi connectivity index (χ0n) is 12.9. The summed E-state index contributed by atoms with van der Waals surface area (Å²) in [4.78, 5) is 16.4. The molecule has 1 saturated carbocycles. The van der Waals surface area contributed by atoms with Crippen molar-refractivity contribution in [1.29, 1.82) is 0 Å². The number of carbonyl (C=O) groups excluding carboxylic acids is 1. The van der Waals surface area contributed by atoms with E-state index in [2.05, 4.69) is 29.5 Å². The average Bonchev–Trinajstić information content (AvgIpc) is 2.44. The maximum atomic E-state index is 13.4. The molecule has 1 aliphatic carbocycles. The number of hydrogen-bond donors (Lipinski definition) is 2. The summed E-state index contributed by atoms with van der Waals surface area (Å²) in [5.41, 5.74) is 0.280. The lowest BCUT2D eigenvalue weighted by molar-refractivity contribution is 0.0899. The van der Waals surface area contributed by atoms with Crippen molar-refractivity contribution in [3.63, 3.8) is 0 Å². The van der Waals surface area contributed by atoms with Gasteiger partial charge in [-0.25, -0.2) is 9.37 Å². The maximum absolute atomic E-state index is 13.4. The molecule has 1 heterocycles. The molecule has 0 aliphatic heterocycles. The van der Waals surface area contributed by atoms with Crippen LogP contribution in [0.5, 0.6) is 0 Å². The summed E-state index contributed by atoms with van der Waals surface area (Å²) in [6.07, 6.45) is 4.34. The van der Waals surface area contributed by atoms with Crippen molar-refractivity contribution >= 4 is 11.7 Å². The fourth-order valence-corrected chi connectivity index (χ4v) is 3.05. The van der Waals surface area contributed by atoms with Crippen LogP contribution in [0.1, 0.15) is 50.4 Å². The van der Waals surface area contributed by atoms with Crippen LogP contribution >= 0.6 is 0 Å². The van der Waals surface area contributed by atoms with E-state index in [1.54, 1.807) is 0 Å². The molecule has 0 spiro atoms. The number of rotatable bonds is 4. The van der Waals surface area contributed by atoms with Gasteiger partial charge in [0.25, 0.3) is 5.91 Å². The second-order valence-electron chi connectivity index (χ2n) is 6.06. The Balaban J connectivity index is 2.11. The number of amides is 1. The number of aromatic nitrogens is 1. The van der Waals surface area contributed by atoms with E-state index in [9.17, 15) is 9.18 Å². The number of carbonyl (C=O) groups is 1. The molecular formula is C16H24FN3O. The molecule has 21 heavy (non-hydrogen) atoms.